The maximum Gasteiger partial charge on any atom is 0.115 e. The monoisotopic (exact) mass is 262 g/mol. The molecule has 2 N–H and O–H groups in total. The number of rotatable bonds is 6. The summed E-state index contributed by atoms with van der Waals surface area (Å²) in [6.07, 6.45) is 2.57. The van der Waals surface area contributed by atoms with E-state index >= 15 is 0 Å². The van der Waals surface area contributed by atoms with Crippen molar-refractivity contribution >= 4 is 0 Å². The van der Waals surface area contributed by atoms with Crippen LogP contribution in [0.2, 0.25) is 0 Å². The number of hydrogen-bond acceptors (Lipinski definition) is 3. The number of nitrogens with zero attached hydrogens (tertiary/aromatic N) is 1. The van der Waals surface area contributed by atoms with Gasteiger partial charge in [-0.05, 0) is 49.5 Å². The molecule has 2 rings (SSSR count). The highest BCUT2D eigenvalue weighted by Crippen LogP contribution is 2.21. The fourth-order valence-electron chi connectivity index (χ4n) is 2.76. The molecule has 1 aliphatic rings. The second-order valence-electron chi connectivity index (χ2n) is 5.99. The first-order chi connectivity index (χ1) is 9.15. The maximum absolute atomic E-state index is 9.52. The first-order valence-corrected chi connectivity index (χ1v) is 7.38. The van der Waals surface area contributed by atoms with E-state index in [2.05, 4.69) is 30.1 Å². The fourth-order valence-corrected chi connectivity index (χ4v) is 2.76. The lowest BCUT2D eigenvalue weighted by Gasteiger charge is -2.25. The van der Waals surface area contributed by atoms with Gasteiger partial charge in [0.25, 0.3) is 0 Å². The van der Waals surface area contributed by atoms with E-state index < -0.39 is 0 Å². The van der Waals surface area contributed by atoms with Crippen molar-refractivity contribution in [2.75, 3.05) is 19.6 Å². The van der Waals surface area contributed by atoms with Crippen molar-refractivity contribution in [2.24, 2.45) is 5.92 Å². The van der Waals surface area contributed by atoms with Crippen LogP contribution in [0.3, 0.4) is 0 Å². The average Bonchev–Trinajstić information content (AvgIpc) is 2.76. The Morgan fingerprint density at radius 1 is 1.42 bits per heavy atom. The second-order valence-corrected chi connectivity index (χ2v) is 5.99. The quantitative estimate of drug-likeness (QED) is 0.827. The van der Waals surface area contributed by atoms with Crippen molar-refractivity contribution in [1.29, 1.82) is 0 Å². The number of phenols is 1. The summed E-state index contributed by atoms with van der Waals surface area (Å²) < 4.78 is 0. The predicted octanol–water partition coefficient (Wildman–Crippen LogP) is 2.60. The van der Waals surface area contributed by atoms with E-state index in [4.69, 9.17) is 0 Å². The molecule has 0 bridgehead atoms. The van der Waals surface area contributed by atoms with E-state index in [1.165, 1.54) is 24.9 Å². The van der Waals surface area contributed by atoms with Crippen LogP contribution in [0.4, 0.5) is 0 Å². The van der Waals surface area contributed by atoms with Gasteiger partial charge in [0, 0.05) is 19.1 Å². The molecule has 0 saturated carbocycles. The molecule has 106 valence electrons. The molecule has 3 nitrogen and oxygen atoms in total. The van der Waals surface area contributed by atoms with Crippen LogP contribution in [0.5, 0.6) is 5.75 Å². The lowest BCUT2D eigenvalue weighted by Crippen LogP contribution is -2.38. The molecule has 3 heteroatoms. The third-order valence-electron chi connectivity index (χ3n) is 3.73. The number of benzene rings is 1. The highest BCUT2D eigenvalue weighted by atomic mass is 16.3. The number of likely N-dealkylation sites (tertiary alicyclic amines) is 1. The minimum absolute atomic E-state index is 0.367. The Morgan fingerprint density at radius 2 is 2.26 bits per heavy atom. The van der Waals surface area contributed by atoms with E-state index in [1.54, 1.807) is 6.07 Å². The van der Waals surface area contributed by atoms with Crippen LogP contribution in [0.15, 0.2) is 24.3 Å². The Bertz CT molecular complexity index is 392. The summed E-state index contributed by atoms with van der Waals surface area (Å²) in [7, 11) is 0. The van der Waals surface area contributed by atoms with Gasteiger partial charge >= 0.3 is 0 Å². The second kappa shape index (κ2) is 6.92. The Balaban J connectivity index is 1.84. The molecule has 0 radical (unpaired) electrons. The van der Waals surface area contributed by atoms with Gasteiger partial charge in [0.15, 0.2) is 0 Å². The third-order valence-corrected chi connectivity index (χ3v) is 3.73. The Hall–Kier alpha value is -1.06. The number of aromatic hydroxyl groups is 1. The van der Waals surface area contributed by atoms with Crippen LogP contribution in [0.25, 0.3) is 0 Å². The smallest absolute Gasteiger partial charge is 0.115 e. The summed E-state index contributed by atoms with van der Waals surface area (Å²) in [6, 6.07) is 8.26. The predicted molar refractivity (Wildman–Crippen MR) is 79.2 cm³/mol. The van der Waals surface area contributed by atoms with Crippen molar-refractivity contribution in [3.8, 4) is 5.75 Å². The number of hydrogen-bond donors (Lipinski definition) is 2. The van der Waals surface area contributed by atoms with Crippen molar-refractivity contribution in [1.82, 2.24) is 10.2 Å². The molecular formula is C16H26N2O. The highest BCUT2D eigenvalue weighted by Gasteiger charge is 2.23. The molecule has 1 atom stereocenters. The summed E-state index contributed by atoms with van der Waals surface area (Å²) in [6.45, 7) is 8.78. The molecule has 0 amide bonds. The van der Waals surface area contributed by atoms with Crippen molar-refractivity contribution in [2.45, 2.75) is 39.3 Å². The first-order valence-electron chi connectivity index (χ1n) is 7.38. The zero-order chi connectivity index (χ0) is 13.7. The van der Waals surface area contributed by atoms with E-state index in [-0.39, 0.29) is 0 Å². The standard InChI is InChI=1S/C16H26N2O/c1-13(2)10-17-11-15-6-4-8-18(15)12-14-5-3-7-16(19)9-14/h3,5,7,9,13,15,17,19H,4,6,8,10-12H2,1-2H3. The molecule has 1 aromatic rings. The van der Waals surface area contributed by atoms with E-state index in [0.29, 0.717) is 17.7 Å². The maximum atomic E-state index is 9.52. The molecule has 1 aliphatic heterocycles. The largest absolute Gasteiger partial charge is 0.508 e. The van der Waals surface area contributed by atoms with Gasteiger partial charge in [0.05, 0.1) is 0 Å². The van der Waals surface area contributed by atoms with Gasteiger partial charge in [-0.15, -0.1) is 0 Å². The van der Waals surface area contributed by atoms with Gasteiger partial charge in [0.2, 0.25) is 0 Å². The summed E-state index contributed by atoms with van der Waals surface area (Å²) >= 11 is 0. The third kappa shape index (κ3) is 4.51. The lowest BCUT2D eigenvalue weighted by atomic mass is 10.1. The molecule has 0 spiro atoms. The molecule has 1 fully saturated rings. The summed E-state index contributed by atoms with van der Waals surface area (Å²) in [5, 5.41) is 13.1. The molecule has 1 unspecified atom stereocenters. The number of phenolic OH excluding ortho intramolecular Hbond substituents is 1. The first kappa shape index (κ1) is 14.4. The fraction of sp³-hybridized carbons (Fsp3) is 0.625. The van der Waals surface area contributed by atoms with Crippen LogP contribution in [-0.4, -0.2) is 35.7 Å². The molecular weight excluding hydrogens is 236 g/mol. The van der Waals surface area contributed by atoms with Crippen molar-refractivity contribution in [3.63, 3.8) is 0 Å². The van der Waals surface area contributed by atoms with E-state index in [0.717, 1.165) is 19.6 Å². The van der Waals surface area contributed by atoms with Crippen molar-refractivity contribution < 1.29 is 5.11 Å². The van der Waals surface area contributed by atoms with Gasteiger partial charge in [-0.2, -0.15) is 0 Å². The van der Waals surface area contributed by atoms with E-state index in [1.807, 2.05) is 12.1 Å². The van der Waals surface area contributed by atoms with Crippen LogP contribution in [0.1, 0.15) is 32.3 Å². The SMILES string of the molecule is CC(C)CNCC1CCCN1Cc1cccc(O)c1. The number of nitrogens with one attached hydrogen (secondary N) is 1. The molecule has 1 heterocycles. The van der Waals surface area contributed by atoms with Crippen LogP contribution in [0, 0.1) is 5.92 Å². The zero-order valence-electron chi connectivity index (χ0n) is 12.1. The van der Waals surface area contributed by atoms with Gasteiger partial charge in [-0.1, -0.05) is 26.0 Å². The van der Waals surface area contributed by atoms with Gasteiger partial charge in [-0.25, -0.2) is 0 Å². The minimum Gasteiger partial charge on any atom is -0.508 e. The summed E-state index contributed by atoms with van der Waals surface area (Å²) in [4.78, 5) is 2.53. The normalized spacial score (nSPS) is 20.3. The van der Waals surface area contributed by atoms with Crippen LogP contribution >= 0.6 is 0 Å². The summed E-state index contributed by atoms with van der Waals surface area (Å²) in [5.74, 6) is 1.08. The van der Waals surface area contributed by atoms with E-state index in [9.17, 15) is 5.11 Å². The van der Waals surface area contributed by atoms with Gasteiger partial charge in [0.1, 0.15) is 5.75 Å². The van der Waals surface area contributed by atoms with Crippen molar-refractivity contribution in [3.05, 3.63) is 29.8 Å². The molecule has 1 saturated heterocycles. The lowest BCUT2D eigenvalue weighted by molar-refractivity contribution is 0.237. The summed E-state index contributed by atoms with van der Waals surface area (Å²) in [5.41, 5.74) is 1.20. The topological polar surface area (TPSA) is 35.5 Å². The average molecular weight is 262 g/mol. The molecule has 1 aromatic carbocycles. The van der Waals surface area contributed by atoms with Crippen LogP contribution in [-0.2, 0) is 6.54 Å². The van der Waals surface area contributed by atoms with Gasteiger partial charge in [-0.3, -0.25) is 4.90 Å². The Morgan fingerprint density at radius 3 is 3.00 bits per heavy atom. The minimum atomic E-state index is 0.367. The zero-order valence-corrected chi connectivity index (χ0v) is 12.1. The Labute approximate surface area is 116 Å². The molecule has 19 heavy (non-hydrogen) atoms. The molecule has 0 aliphatic carbocycles. The Kier molecular flexibility index (Phi) is 5.23. The van der Waals surface area contributed by atoms with Crippen LogP contribution < -0.4 is 5.32 Å². The molecule has 0 aromatic heterocycles. The highest BCUT2D eigenvalue weighted by molar-refractivity contribution is 5.27. The van der Waals surface area contributed by atoms with Gasteiger partial charge < -0.3 is 10.4 Å².